The molecule has 0 aliphatic carbocycles. The molecule has 26 heteroatoms. The number of amides is 8. The molecular weight excluding hydrogens is 1550 g/mol. The molecule has 8 amide bonds. The molecule has 8 rings (SSSR count). The van der Waals surface area contributed by atoms with Gasteiger partial charge in [-0.3, -0.25) is 38.4 Å². The van der Waals surface area contributed by atoms with Crippen LogP contribution >= 0.6 is 23.2 Å². The Morgan fingerprint density at radius 1 is 0.350 bits per heavy atom. The van der Waals surface area contributed by atoms with E-state index >= 15 is 0 Å². The lowest BCUT2D eigenvalue weighted by molar-refractivity contribution is 0.0791. The molecule has 8 aromatic carbocycles. The van der Waals surface area contributed by atoms with E-state index in [1.54, 1.807) is 128 Å². The number of rotatable bonds is 20. The van der Waals surface area contributed by atoms with Gasteiger partial charge in [0.1, 0.15) is 0 Å². The second kappa shape index (κ2) is 52.4. The van der Waals surface area contributed by atoms with Crippen LogP contribution in [0.3, 0.4) is 0 Å². The lowest BCUT2D eigenvalue weighted by atomic mass is 9.85. The molecule has 0 radical (unpaired) electrons. The van der Waals surface area contributed by atoms with Gasteiger partial charge in [-0.2, -0.15) is 0 Å². The summed E-state index contributed by atoms with van der Waals surface area (Å²) in [5, 5.41) is 33.1. The number of carbonyl (C=O) groups excluding carboxylic acids is 8. The van der Waals surface area contributed by atoms with Crippen LogP contribution < -0.4 is 63.4 Å². The molecule has 0 aliphatic rings. The minimum atomic E-state index is -0.140. The van der Waals surface area contributed by atoms with E-state index in [1.165, 1.54) is 10.5 Å². The van der Waals surface area contributed by atoms with Crippen LogP contribution in [-0.2, 0) is 10.8 Å². The lowest BCUT2D eigenvalue weighted by Gasteiger charge is -2.23. The van der Waals surface area contributed by atoms with Gasteiger partial charge in [0.05, 0.1) is 0 Å². The predicted molar refractivity (Wildman–Crippen MR) is 507 cm³/mol. The Labute approximate surface area is 726 Å². The van der Waals surface area contributed by atoms with Crippen molar-refractivity contribution in [3.63, 3.8) is 0 Å². The van der Waals surface area contributed by atoms with Gasteiger partial charge in [-0.05, 0) is 205 Å². The number of carbonyl (C=O) groups is 8. The van der Waals surface area contributed by atoms with Gasteiger partial charge < -0.3 is 83.0 Å². The zero-order valence-electron chi connectivity index (χ0n) is 77.1. The molecule has 0 saturated carbocycles. The van der Waals surface area contributed by atoms with E-state index in [0.717, 1.165) is 97.4 Å². The SMILES string of the molecule is CCCN(C)C(=O)c1cc(NC)cc(C(C)(C)C)c1.CCNC(=O)c1cc(NC)ccc1C.CNC(=O)c1cc(Cl)cc(NC)c1.CNC(=O)c1cccc(N(C)C)c1.CNc1cc(C(=O)N(C)C)cc(C(C)(C)C)c1.CNc1cc(C)cc(C(=O)N(C)C)c1.CNc1cc(Cl)cc(C(=O)N(C)C)c1.CNc1cccc(C(=O)NCC(C)(C)C)c1. The monoisotopic (exact) mass is 1690 g/mol. The third kappa shape index (κ3) is 38.5. The molecule has 11 N–H and O–H groups in total. The largest absolute Gasteiger partial charge is 0.388 e. The highest BCUT2D eigenvalue weighted by atomic mass is 35.5. The Kier molecular flexibility index (Phi) is 46.5. The third-order valence-corrected chi connectivity index (χ3v) is 18.1. The maximum Gasteiger partial charge on any atom is 0.253 e. The number of benzene rings is 8. The van der Waals surface area contributed by atoms with Crippen LogP contribution in [0, 0.1) is 19.3 Å². The highest BCUT2D eigenvalue weighted by molar-refractivity contribution is 6.31. The summed E-state index contributed by atoms with van der Waals surface area (Å²) < 4.78 is 0. The van der Waals surface area contributed by atoms with Gasteiger partial charge in [0, 0.05) is 247 Å². The maximum absolute atomic E-state index is 12.4. The van der Waals surface area contributed by atoms with E-state index in [0.29, 0.717) is 45.4 Å². The molecule has 0 saturated heterocycles. The summed E-state index contributed by atoms with van der Waals surface area (Å²) in [4.78, 5) is 102. The third-order valence-electron chi connectivity index (χ3n) is 17.7. The van der Waals surface area contributed by atoms with Crippen LogP contribution in [0.5, 0.6) is 0 Å². The summed E-state index contributed by atoms with van der Waals surface area (Å²) in [6, 6.07) is 48.8. The van der Waals surface area contributed by atoms with E-state index < -0.39 is 0 Å². The summed E-state index contributed by atoms with van der Waals surface area (Å²) >= 11 is 11.7. The quantitative estimate of drug-likeness (QED) is 0.0338. The number of halogens is 2. The predicted octanol–water partition coefficient (Wildman–Crippen LogP) is 17.2. The molecule has 0 unspecified atom stereocenters. The van der Waals surface area contributed by atoms with Crippen molar-refractivity contribution in [2.75, 3.05) is 189 Å². The van der Waals surface area contributed by atoms with Crippen molar-refractivity contribution in [2.24, 2.45) is 5.41 Å². The fraction of sp³-hybridized carbons (Fsp3) is 0.404. The van der Waals surface area contributed by atoms with Crippen LogP contribution in [0.15, 0.2) is 158 Å². The highest BCUT2D eigenvalue weighted by Crippen LogP contribution is 2.30. The van der Waals surface area contributed by atoms with Gasteiger partial charge in [0.25, 0.3) is 47.3 Å². The molecule has 0 spiro atoms. The average Bonchev–Trinajstić information content (AvgIpc) is 0.818. The van der Waals surface area contributed by atoms with Gasteiger partial charge >= 0.3 is 0 Å². The van der Waals surface area contributed by atoms with E-state index in [-0.39, 0.29) is 63.5 Å². The van der Waals surface area contributed by atoms with Crippen LogP contribution in [0.4, 0.5) is 45.5 Å². The second-order valence-corrected chi connectivity index (χ2v) is 32.9. The first-order valence-electron chi connectivity index (χ1n) is 39.7. The van der Waals surface area contributed by atoms with Gasteiger partial charge in [-0.15, -0.1) is 0 Å². The minimum Gasteiger partial charge on any atom is -0.388 e. The van der Waals surface area contributed by atoms with E-state index in [4.69, 9.17) is 23.2 Å². The zero-order chi connectivity index (χ0) is 91.7. The normalized spacial score (nSPS) is 10.3. The minimum absolute atomic E-state index is 0.0119. The topological polar surface area (TPSA) is 285 Å². The summed E-state index contributed by atoms with van der Waals surface area (Å²) in [7, 11) is 32.3. The van der Waals surface area contributed by atoms with Crippen molar-refractivity contribution in [1.29, 1.82) is 0 Å². The Morgan fingerprint density at radius 3 is 1.12 bits per heavy atom. The maximum atomic E-state index is 12.4. The van der Waals surface area contributed by atoms with E-state index in [9.17, 15) is 38.4 Å². The molecule has 0 aromatic heterocycles. The van der Waals surface area contributed by atoms with Crippen LogP contribution in [-0.4, -0.2) is 213 Å². The first kappa shape index (κ1) is 107. The van der Waals surface area contributed by atoms with E-state index in [2.05, 4.69) is 140 Å². The number of aryl methyl sites for hydroxylation is 2. The summed E-state index contributed by atoms with van der Waals surface area (Å²) in [5.74, 6) is -0.122. The number of nitrogens with zero attached hydrogens (tertiary/aromatic N) is 5. The molecule has 656 valence electrons. The fourth-order valence-corrected chi connectivity index (χ4v) is 11.1. The molecule has 0 bridgehead atoms. The molecule has 24 nitrogen and oxygen atoms in total. The first-order chi connectivity index (χ1) is 56.0. The van der Waals surface area contributed by atoms with Crippen LogP contribution in [0.1, 0.15) is 188 Å². The number of nitrogens with one attached hydrogen (secondary N) is 11. The summed E-state index contributed by atoms with van der Waals surface area (Å²) in [6.45, 7) is 29.2. The van der Waals surface area contributed by atoms with Gasteiger partial charge in [0.15, 0.2) is 0 Å². The molecule has 0 fully saturated rings. The Bertz CT molecular complexity index is 4550. The number of anilines is 8. The smallest absolute Gasteiger partial charge is 0.253 e. The number of hydrogen-bond acceptors (Lipinski definition) is 16. The first-order valence-corrected chi connectivity index (χ1v) is 40.5. The highest BCUT2D eigenvalue weighted by Gasteiger charge is 2.22. The Morgan fingerprint density at radius 2 is 0.717 bits per heavy atom. The Hall–Kier alpha value is -11.5. The second-order valence-electron chi connectivity index (χ2n) is 32.0. The average molecular weight is 1690 g/mol. The molecule has 0 heterocycles. The molecule has 0 atom stereocenters. The van der Waals surface area contributed by atoms with Crippen molar-refractivity contribution in [3.05, 3.63) is 235 Å². The molecular formula is C94H138Cl2N16O8. The molecule has 0 aliphatic heterocycles. The van der Waals surface area contributed by atoms with Crippen molar-refractivity contribution < 1.29 is 38.4 Å². The Balaban J connectivity index is 0.000000688. The van der Waals surface area contributed by atoms with Crippen LogP contribution in [0.2, 0.25) is 10.0 Å². The van der Waals surface area contributed by atoms with Crippen LogP contribution in [0.25, 0.3) is 0 Å². The number of hydrogen-bond donors (Lipinski definition) is 11. The van der Waals surface area contributed by atoms with Crippen molar-refractivity contribution in [3.8, 4) is 0 Å². The summed E-state index contributed by atoms with van der Waals surface area (Å²) in [5.41, 5.74) is 17.6. The van der Waals surface area contributed by atoms with Gasteiger partial charge in [-0.25, -0.2) is 0 Å². The standard InChI is InChI=1S/C16H26N2O.C14H22N2O.C13H20N2O.2C11H16N2O.C10H13ClN2O.C10H14N2O.C9H11ClN2O/c1-7-8-18(6)15(19)12-9-13(16(2,3)4)11-14(10-12)17-5;1-14(2,3)11-7-10(13(17)16(5)6)8-12(9-11)15-4;1-13(2,3)9-15-12(16)10-6-5-7-11(8-10)14-4;1-8-5-9(11(14)13(3)4)7-10(6-8)12-2;1-4-13-11(14)10-7-9(12-3)6-5-8(10)2;1-12-9-5-7(4-8(11)6-9)10(14)13(2)3;1-11-10(13)8-5-4-6-9(7-8)12(2)3;1-11-8-4-6(9(13)12-2)3-7(10)5-8/h9-11,17H,7-8H2,1-6H3;7-9,15H,1-6H3;5-8,14H,9H2,1-4H3,(H,15,16);5-7,12H,1-4H3;5-7,12H,4H2,1-3H3,(H,13,14);4-6,12H,1-3H3;4-7H,1-3H3,(H,11,13);3-5,11H,1-2H3,(H,12,13). The molecule has 120 heavy (non-hydrogen) atoms. The lowest BCUT2D eigenvalue weighted by Crippen LogP contribution is -2.32. The van der Waals surface area contributed by atoms with Crippen molar-refractivity contribution in [2.45, 2.75) is 107 Å². The van der Waals surface area contributed by atoms with Crippen molar-refractivity contribution >= 4 is 116 Å². The fourth-order valence-electron chi connectivity index (χ4n) is 10.6. The van der Waals surface area contributed by atoms with Gasteiger partial charge in [0.2, 0.25) is 0 Å². The molecule has 8 aromatic rings. The summed E-state index contributed by atoms with van der Waals surface area (Å²) in [6.07, 6.45) is 0.972. The zero-order valence-corrected chi connectivity index (χ0v) is 78.6. The van der Waals surface area contributed by atoms with E-state index in [1.807, 2.05) is 185 Å². The van der Waals surface area contributed by atoms with Gasteiger partial charge in [-0.1, -0.05) is 111 Å². The van der Waals surface area contributed by atoms with Crippen molar-refractivity contribution in [1.82, 2.24) is 40.9 Å².